The van der Waals surface area contributed by atoms with E-state index in [0.717, 1.165) is 61.2 Å². The first kappa shape index (κ1) is 24.2. The van der Waals surface area contributed by atoms with Crippen LogP contribution in [0.3, 0.4) is 0 Å². The first-order valence-corrected chi connectivity index (χ1v) is 13.5. The van der Waals surface area contributed by atoms with E-state index in [1.165, 1.54) is 5.56 Å². The van der Waals surface area contributed by atoms with Crippen molar-refractivity contribution >= 4 is 21.8 Å². The summed E-state index contributed by atoms with van der Waals surface area (Å²) in [4.78, 5) is 16.5. The van der Waals surface area contributed by atoms with Crippen LogP contribution >= 0.6 is 15.9 Å². The van der Waals surface area contributed by atoms with Crippen molar-refractivity contribution in [2.75, 3.05) is 26.3 Å². The van der Waals surface area contributed by atoms with Gasteiger partial charge in [-0.25, -0.2) is 0 Å². The van der Waals surface area contributed by atoms with Gasteiger partial charge in [-0.2, -0.15) is 0 Å². The van der Waals surface area contributed by atoms with Crippen LogP contribution in [0, 0.1) is 5.92 Å². The van der Waals surface area contributed by atoms with Gasteiger partial charge in [-0.3, -0.25) is 9.69 Å². The van der Waals surface area contributed by atoms with E-state index >= 15 is 0 Å². The topological polar surface area (TPSA) is 41.6 Å². The maximum absolute atomic E-state index is 13.9. The maximum Gasteiger partial charge on any atom is 0.224 e. The average molecular weight is 534 g/mol. The summed E-state index contributed by atoms with van der Waals surface area (Å²) in [6, 6.07) is 29.5. The molecular formula is C30H33BrN2O2. The number of nitrogens with zero attached hydrogens (tertiary/aromatic N) is 1. The summed E-state index contributed by atoms with van der Waals surface area (Å²) in [5, 5.41) is 3.44. The minimum atomic E-state index is -0.160. The van der Waals surface area contributed by atoms with Gasteiger partial charge in [-0.05, 0) is 54.0 Å². The van der Waals surface area contributed by atoms with E-state index in [1.54, 1.807) is 0 Å². The lowest BCUT2D eigenvalue weighted by atomic mass is 9.72. The van der Waals surface area contributed by atoms with Crippen LogP contribution in [0.25, 0.3) is 0 Å². The Bertz CT molecular complexity index is 1040. The summed E-state index contributed by atoms with van der Waals surface area (Å²) < 4.78 is 6.66. The first-order valence-electron chi connectivity index (χ1n) is 12.7. The van der Waals surface area contributed by atoms with Crippen molar-refractivity contribution in [2.45, 2.75) is 37.3 Å². The zero-order valence-corrected chi connectivity index (χ0v) is 21.6. The molecule has 1 aliphatic carbocycles. The SMILES string of the molecule is O=C(NC(c1ccccc1)c1ccccc1)[C@@H]1CC[C@@H](N2CCOCC2)C[C@H]1c1ccc(Br)cc1. The second kappa shape index (κ2) is 11.5. The van der Waals surface area contributed by atoms with E-state index in [1.807, 2.05) is 36.4 Å². The molecule has 5 rings (SSSR count). The van der Waals surface area contributed by atoms with Gasteiger partial charge in [0.1, 0.15) is 0 Å². The number of ether oxygens (including phenoxy) is 1. The Morgan fingerprint density at radius 2 is 1.46 bits per heavy atom. The van der Waals surface area contributed by atoms with Gasteiger partial charge in [0.25, 0.3) is 0 Å². The van der Waals surface area contributed by atoms with Crippen LogP contribution in [0.15, 0.2) is 89.4 Å². The molecule has 182 valence electrons. The summed E-state index contributed by atoms with van der Waals surface area (Å²) in [5.41, 5.74) is 3.46. The molecule has 0 bridgehead atoms. The van der Waals surface area contributed by atoms with Gasteiger partial charge in [-0.1, -0.05) is 88.7 Å². The lowest BCUT2D eigenvalue weighted by Crippen LogP contribution is -2.48. The van der Waals surface area contributed by atoms with E-state index in [2.05, 4.69) is 74.7 Å². The molecule has 0 spiro atoms. The van der Waals surface area contributed by atoms with Gasteiger partial charge < -0.3 is 10.1 Å². The van der Waals surface area contributed by atoms with Gasteiger partial charge in [0.2, 0.25) is 5.91 Å². The van der Waals surface area contributed by atoms with Gasteiger partial charge >= 0.3 is 0 Å². The monoisotopic (exact) mass is 532 g/mol. The zero-order chi connectivity index (χ0) is 24.0. The summed E-state index contributed by atoms with van der Waals surface area (Å²) in [6.07, 6.45) is 2.94. The van der Waals surface area contributed by atoms with E-state index in [4.69, 9.17) is 4.74 Å². The lowest BCUT2D eigenvalue weighted by molar-refractivity contribution is -0.127. The molecule has 1 N–H and O–H groups in total. The summed E-state index contributed by atoms with van der Waals surface area (Å²) >= 11 is 3.57. The molecule has 3 aromatic rings. The molecule has 3 atom stereocenters. The number of rotatable bonds is 6. The highest BCUT2D eigenvalue weighted by atomic mass is 79.9. The molecule has 2 fully saturated rings. The first-order chi connectivity index (χ1) is 17.2. The minimum Gasteiger partial charge on any atom is -0.379 e. The normalized spacial score (nSPS) is 23.2. The Kier molecular flexibility index (Phi) is 7.97. The van der Waals surface area contributed by atoms with Crippen molar-refractivity contribution in [3.8, 4) is 0 Å². The number of benzene rings is 3. The largest absolute Gasteiger partial charge is 0.379 e. The quantitative estimate of drug-likeness (QED) is 0.427. The molecule has 0 radical (unpaired) electrons. The van der Waals surface area contributed by atoms with Crippen molar-refractivity contribution in [1.82, 2.24) is 10.2 Å². The van der Waals surface area contributed by atoms with Gasteiger partial charge in [0.15, 0.2) is 0 Å². The predicted molar refractivity (Wildman–Crippen MR) is 143 cm³/mol. The minimum absolute atomic E-state index is 0.0524. The standard InChI is InChI=1S/C30H33BrN2O2/c31-25-13-11-22(12-14-25)28-21-26(33-17-19-35-20-18-33)15-16-27(28)30(34)32-29(23-7-3-1-4-8-23)24-9-5-2-6-10-24/h1-14,26-29H,15-21H2,(H,32,34)/t26-,27-,28+/m1/s1. The highest BCUT2D eigenvalue weighted by Crippen LogP contribution is 2.41. The van der Waals surface area contributed by atoms with Crippen LogP contribution in [0.4, 0.5) is 0 Å². The number of hydrogen-bond acceptors (Lipinski definition) is 3. The second-order valence-corrected chi connectivity index (χ2v) is 10.6. The smallest absolute Gasteiger partial charge is 0.224 e. The number of carbonyl (C=O) groups excluding carboxylic acids is 1. The molecule has 5 heteroatoms. The molecule has 3 aromatic carbocycles. The molecule has 1 saturated carbocycles. The molecule has 0 aromatic heterocycles. The van der Waals surface area contributed by atoms with Crippen molar-refractivity contribution in [2.24, 2.45) is 5.92 Å². The van der Waals surface area contributed by atoms with E-state index in [9.17, 15) is 4.79 Å². The number of nitrogens with one attached hydrogen (secondary N) is 1. The van der Waals surface area contributed by atoms with Crippen molar-refractivity contribution in [3.63, 3.8) is 0 Å². The fraction of sp³-hybridized carbons (Fsp3) is 0.367. The second-order valence-electron chi connectivity index (χ2n) is 9.64. The molecule has 4 nitrogen and oxygen atoms in total. The zero-order valence-electron chi connectivity index (χ0n) is 20.0. The molecule has 1 heterocycles. The maximum atomic E-state index is 13.9. The van der Waals surface area contributed by atoms with Crippen LogP contribution in [0.5, 0.6) is 0 Å². The van der Waals surface area contributed by atoms with Crippen LogP contribution in [0.1, 0.15) is 47.9 Å². The Labute approximate surface area is 216 Å². The van der Waals surface area contributed by atoms with Crippen LogP contribution < -0.4 is 5.32 Å². The van der Waals surface area contributed by atoms with Crippen molar-refractivity contribution in [3.05, 3.63) is 106 Å². The van der Waals surface area contributed by atoms with Crippen molar-refractivity contribution in [1.29, 1.82) is 0 Å². The van der Waals surface area contributed by atoms with Gasteiger partial charge in [0.05, 0.1) is 19.3 Å². The molecule has 35 heavy (non-hydrogen) atoms. The summed E-state index contributed by atoms with van der Waals surface area (Å²) in [7, 11) is 0. The highest BCUT2D eigenvalue weighted by Gasteiger charge is 2.39. The Morgan fingerprint density at radius 1 is 0.857 bits per heavy atom. The summed E-state index contributed by atoms with van der Waals surface area (Å²) in [5.74, 6) is 0.288. The third-order valence-electron chi connectivity index (χ3n) is 7.57. The number of amides is 1. The molecule has 1 amide bonds. The molecular weight excluding hydrogens is 500 g/mol. The Hall–Kier alpha value is -2.47. The molecule has 1 saturated heterocycles. The number of morpholine rings is 1. The molecule has 2 aliphatic rings. The van der Waals surface area contributed by atoms with Crippen LogP contribution in [-0.4, -0.2) is 43.2 Å². The molecule has 0 unspecified atom stereocenters. The molecule has 1 aliphatic heterocycles. The van der Waals surface area contributed by atoms with Crippen molar-refractivity contribution < 1.29 is 9.53 Å². The average Bonchev–Trinajstić information content (AvgIpc) is 2.93. The van der Waals surface area contributed by atoms with E-state index < -0.39 is 0 Å². The fourth-order valence-electron chi connectivity index (χ4n) is 5.71. The number of hydrogen-bond donors (Lipinski definition) is 1. The van der Waals surface area contributed by atoms with Gasteiger partial charge in [0, 0.05) is 29.5 Å². The van der Waals surface area contributed by atoms with E-state index in [0.29, 0.717) is 6.04 Å². The number of carbonyl (C=O) groups is 1. The number of halogens is 1. The lowest BCUT2D eigenvalue weighted by Gasteiger charge is -2.42. The predicted octanol–water partition coefficient (Wildman–Crippen LogP) is 5.94. The summed E-state index contributed by atoms with van der Waals surface area (Å²) in [6.45, 7) is 3.58. The third kappa shape index (κ3) is 5.85. The Balaban J connectivity index is 1.40. The Morgan fingerprint density at radius 3 is 2.06 bits per heavy atom. The van der Waals surface area contributed by atoms with E-state index in [-0.39, 0.29) is 23.8 Å². The fourth-order valence-corrected chi connectivity index (χ4v) is 5.98. The third-order valence-corrected chi connectivity index (χ3v) is 8.10. The van der Waals surface area contributed by atoms with Gasteiger partial charge in [-0.15, -0.1) is 0 Å². The van der Waals surface area contributed by atoms with Crippen LogP contribution in [0.2, 0.25) is 0 Å². The van der Waals surface area contributed by atoms with Crippen LogP contribution in [-0.2, 0) is 9.53 Å². The highest BCUT2D eigenvalue weighted by molar-refractivity contribution is 9.10.